The Balaban J connectivity index is 1.32. The Bertz CT molecular complexity index is 791. The first-order valence-corrected chi connectivity index (χ1v) is 12.4. The summed E-state index contributed by atoms with van der Waals surface area (Å²) in [7, 11) is 2.11. The summed E-state index contributed by atoms with van der Waals surface area (Å²) in [5.41, 5.74) is 1.33. The van der Waals surface area contributed by atoms with Gasteiger partial charge >= 0.3 is 0 Å². The van der Waals surface area contributed by atoms with Gasteiger partial charge in [-0.25, -0.2) is 4.98 Å². The largest absolute Gasteiger partial charge is 0.469 e. The quantitative estimate of drug-likeness (QED) is 0.364. The Morgan fingerprint density at radius 2 is 2.16 bits per heavy atom. The summed E-state index contributed by atoms with van der Waals surface area (Å²) < 4.78 is 10.9. The summed E-state index contributed by atoms with van der Waals surface area (Å²) in [6, 6.07) is 3.96. The van der Waals surface area contributed by atoms with Crippen molar-refractivity contribution in [2.45, 2.75) is 45.1 Å². The number of hydrogen-bond acceptors (Lipinski definition) is 6. The van der Waals surface area contributed by atoms with Gasteiger partial charge in [0, 0.05) is 51.1 Å². The van der Waals surface area contributed by atoms with E-state index in [1.54, 1.807) is 6.26 Å². The standard InChI is InChI=1S/C23H35N5O2S/c1-27(18-22-26-20-7-2-3-8-21(20)31-22)23(25-11-9-19-6-4-15-30-19)24-10-5-12-28-13-16-29-17-14-28/h4,6,15H,2-3,5,7-14,16-18H2,1H3,(H,24,25). The molecule has 1 aliphatic heterocycles. The van der Waals surface area contributed by atoms with Gasteiger partial charge in [-0.05, 0) is 44.2 Å². The zero-order valence-electron chi connectivity index (χ0n) is 18.6. The number of aromatic nitrogens is 1. The molecule has 0 amide bonds. The SMILES string of the molecule is CN(Cc1nc2c(s1)CCCC2)C(=NCCCN1CCOCC1)NCCc1ccco1. The van der Waals surface area contributed by atoms with E-state index in [0.29, 0.717) is 0 Å². The van der Waals surface area contributed by atoms with Gasteiger partial charge in [-0.2, -0.15) is 0 Å². The molecule has 7 nitrogen and oxygen atoms in total. The topological polar surface area (TPSA) is 66.1 Å². The molecular formula is C23H35N5O2S. The Kier molecular flexibility index (Phi) is 8.38. The predicted molar refractivity (Wildman–Crippen MR) is 125 cm³/mol. The third kappa shape index (κ3) is 6.79. The highest BCUT2D eigenvalue weighted by molar-refractivity contribution is 7.11. The fourth-order valence-electron chi connectivity index (χ4n) is 4.12. The molecular weight excluding hydrogens is 410 g/mol. The van der Waals surface area contributed by atoms with E-state index in [9.17, 15) is 0 Å². The first-order valence-electron chi connectivity index (χ1n) is 11.6. The van der Waals surface area contributed by atoms with Crippen molar-refractivity contribution in [3.63, 3.8) is 0 Å². The molecule has 1 aliphatic carbocycles. The van der Waals surface area contributed by atoms with E-state index in [0.717, 1.165) is 83.5 Å². The molecule has 0 unspecified atom stereocenters. The van der Waals surface area contributed by atoms with Crippen LogP contribution in [0.2, 0.25) is 0 Å². The number of thiazole rings is 1. The third-order valence-electron chi connectivity index (χ3n) is 5.86. The highest BCUT2D eigenvalue weighted by Crippen LogP contribution is 2.27. The van der Waals surface area contributed by atoms with Crippen molar-refractivity contribution in [1.82, 2.24) is 20.1 Å². The average Bonchev–Trinajstić information content (AvgIpc) is 3.45. The van der Waals surface area contributed by atoms with Crippen LogP contribution in [0.3, 0.4) is 0 Å². The van der Waals surface area contributed by atoms with Crippen LogP contribution < -0.4 is 5.32 Å². The molecule has 0 spiro atoms. The van der Waals surface area contributed by atoms with Crippen molar-refractivity contribution < 1.29 is 9.15 Å². The van der Waals surface area contributed by atoms with Gasteiger partial charge in [0.1, 0.15) is 10.8 Å². The van der Waals surface area contributed by atoms with Crippen molar-refractivity contribution in [3.05, 3.63) is 39.7 Å². The molecule has 0 radical (unpaired) electrons. The number of furan rings is 1. The number of nitrogens with one attached hydrogen (secondary N) is 1. The molecule has 2 aromatic heterocycles. The second-order valence-corrected chi connectivity index (χ2v) is 9.48. The van der Waals surface area contributed by atoms with E-state index in [2.05, 4.69) is 22.2 Å². The van der Waals surface area contributed by atoms with E-state index in [1.165, 1.54) is 34.8 Å². The van der Waals surface area contributed by atoms with Gasteiger partial charge in [0.2, 0.25) is 0 Å². The Hall–Kier alpha value is -1.90. The molecule has 0 bridgehead atoms. The van der Waals surface area contributed by atoms with Gasteiger partial charge in [-0.3, -0.25) is 9.89 Å². The first-order chi connectivity index (χ1) is 15.3. The van der Waals surface area contributed by atoms with Crippen LogP contribution in [-0.2, 0) is 30.5 Å². The fourth-order valence-corrected chi connectivity index (χ4v) is 5.33. The normalized spacial score (nSPS) is 17.5. The number of rotatable bonds is 9. The van der Waals surface area contributed by atoms with Crippen molar-refractivity contribution in [1.29, 1.82) is 0 Å². The molecule has 3 heterocycles. The molecule has 0 aromatic carbocycles. The second kappa shape index (κ2) is 11.6. The van der Waals surface area contributed by atoms with E-state index in [1.807, 2.05) is 23.5 Å². The number of fused-ring (bicyclic) bond motifs is 1. The molecule has 1 N–H and O–H groups in total. The lowest BCUT2D eigenvalue weighted by atomic mass is 10.0. The van der Waals surface area contributed by atoms with Crippen LogP contribution in [0.1, 0.15) is 40.6 Å². The van der Waals surface area contributed by atoms with E-state index in [4.69, 9.17) is 19.1 Å². The molecule has 2 aromatic rings. The minimum absolute atomic E-state index is 0.799. The molecule has 8 heteroatoms. The van der Waals surface area contributed by atoms with Crippen LogP contribution in [0, 0.1) is 0 Å². The van der Waals surface area contributed by atoms with Crippen LogP contribution in [-0.4, -0.2) is 73.7 Å². The van der Waals surface area contributed by atoms with Gasteiger partial charge in [-0.15, -0.1) is 11.3 Å². The second-order valence-electron chi connectivity index (χ2n) is 8.31. The molecule has 0 atom stereocenters. The van der Waals surface area contributed by atoms with Crippen molar-refractivity contribution in [3.8, 4) is 0 Å². The lowest BCUT2D eigenvalue weighted by molar-refractivity contribution is 0.0377. The Morgan fingerprint density at radius 3 is 2.97 bits per heavy atom. The predicted octanol–water partition coefficient (Wildman–Crippen LogP) is 2.96. The summed E-state index contributed by atoms with van der Waals surface area (Å²) in [5.74, 6) is 1.94. The van der Waals surface area contributed by atoms with Gasteiger partial charge in [-0.1, -0.05) is 0 Å². The van der Waals surface area contributed by atoms with E-state index < -0.39 is 0 Å². The minimum Gasteiger partial charge on any atom is -0.469 e. The van der Waals surface area contributed by atoms with Gasteiger partial charge in [0.05, 0.1) is 31.7 Å². The maximum Gasteiger partial charge on any atom is 0.194 e. The van der Waals surface area contributed by atoms with E-state index >= 15 is 0 Å². The molecule has 4 rings (SSSR count). The highest BCUT2D eigenvalue weighted by atomic mass is 32.1. The molecule has 2 aliphatic rings. The van der Waals surface area contributed by atoms with Gasteiger partial charge in [0.25, 0.3) is 0 Å². The van der Waals surface area contributed by atoms with Crippen LogP contribution >= 0.6 is 11.3 Å². The maximum absolute atomic E-state index is 5.47. The number of nitrogens with zero attached hydrogens (tertiary/aromatic N) is 4. The smallest absolute Gasteiger partial charge is 0.194 e. The number of hydrogen-bond donors (Lipinski definition) is 1. The summed E-state index contributed by atoms with van der Waals surface area (Å²) >= 11 is 1.88. The lowest BCUT2D eigenvalue weighted by Gasteiger charge is -2.26. The molecule has 1 saturated heterocycles. The Morgan fingerprint density at radius 1 is 1.29 bits per heavy atom. The molecule has 170 valence electrons. The summed E-state index contributed by atoms with van der Waals surface area (Å²) in [6.07, 6.45) is 8.54. The minimum atomic E-state index is 0.799. The average molecular weight is 446 g/mol. The maximum atomic E-state index is 5.47. The number of aliphatic imine (C=N–C) groups is 1. The van der Waals surface area contributed by atoms with Crippen LogP contribution in [0.4, 0.5) is 0 Å². The summed E-state index contributed by atoms with van der Waals surface area (Å²) in [4.78, 5) is 16.0. The number of guanidine groups is 1. The summed E-state index contributed by atoms with van der Waals surface area (Å²) in [5, 5.41) is 4.73. The number of ether oxygens (including phenoxy) is 1. The lowest BCUT2D eigenvalue weighted by Crippen LogP contribution is -2.40. The number of morpholine rings is 1. The summed E-state index contributed by atoms with van der Waals surface area (Å²) in [6.45, 7) is 7.27. The number of aryl methyl sites for hydroxylation is 2. The zero-order chi connectivity index (χ0) is 21.3. The van der Waals surface area contributed by atoms with Crippen molar-refractivity contribution in [2.75, 3.05) is 53.0 Å². The first kappa shape index (κ1) is 22.3. The molecule has 31 heavy (non-hydrogen) atoms. The van der Waals surface area contributed by atoms with Crippen LogP contribution in [0.25, 0.3) is 0 Å². The Labute approximate surface area is 189 Å². The van der Waals surface area contributed by atoms with Crippen molar-refractivity contribution >= 4 is 17.3 Å². The van der Waals surface area contributed by atoms with Gasteiger partial charge < -0.3 is 19.4 Å². The molecule has 0 saturated carbocycles. The van der Waals surface area contributed by atoms with Gasteiger partial charge in [0.15, 0.2) is 5.96 Å². The third-order valence-corrected chi connectivity index (χ3v) is 7.00. The highest BCUT2D eigenvalue weighted by Gasteiger charge is 2.17. The van der Waals surface area contributed by atoms with Crippen LogP contribution in [0.5, 0.6) is 0 Å². The van der Waals surface area contributed by atoms with E-state index in [-0.39, 0.29) is 0 Å². The van der Waals surface area contributed by atoms with Crippen LogP contribution in [0.15, 0.2) is 27.8 Å². The fraction of sp³-hybridized carbons (Fsp3) is 0.652. The molecule has 1 fully saturated rings. The monoisotopic (exact) mass is 445 g/mol. The zero-order valence-corrected chi connectivity index (χ0v) is 19.5. The van der Waals surface area contributed by atoms with Crippen molar-refractivity contribution in [2.24, 2.45) is 4.99 Å².